The molecule has 6 nitrogen and oxygen atoms in total. The number of nitrogens with one attached hydrogen (secondary N) is 1. The molecule has 0 saturated heterocycles. The predicted octanol–water partition coefficient (Wildman–Crippen LogP) is 2.69. The molecule has 0 bridgehead atoms. The highest BCUT2D eigenvalue weighted by Gasteiger charge is 2.22. The third-order valence-electron chi connectivity index (χ3n) is 4.26. The lowest BCUT2D eigenvalue weighted by Crippen LogP contribution is -2.32. The third kappa shape index (κ3) is 4.64. The molecule has 1 amide bonds. The standard InChI is InChI=1S/C20H30N4O2/c1-6-8-17-19(20(25)21-13-14-23(3)4)18(7-2)24(22-17)15-9-11-16(26-5)12-10-15/h9-12H,6-8,13-14H2,1-5H3,(H,21,25). The molecule has 0 aliphatic rings. The van der Waals surface area contributed by atoms with Gasteiger partial charge in [0, 0.05) is 13.1 Å². The van der Waals surface area contributed by atoms with Crippen LogP contribution in [-0.4, -0.2) is 54.9 Å². The summed E-state index contributed by atoms with van der Waals surface area (Å²) in [7, 11) is 5.64. The molecule has 0 spiro atoms. The van der Waals surface area contributed by atoms with Crippen molar-refractivity contribution in [3.63, 3.8) is 0 Å². The van der Waals surface area contributed by atoms with Crippen molar-refractivity contribution < 1.29 is 9.53 Å². The molecule has 142 valence electrons. The molecule has 2 aromatic rings. The van der Waals surface area contributed by atoms with E-state index in [9.17, 15) is 4.79 Å². The second kappa shape index (κ2) is 9.38. The minimum atomic E-state index is -0.0353. The summed E-state index contributed by atoms with van der Waals surface area (Å²) in [4.78, 5) is 14.9. The fourth-order valence-corrected chi connectivity index (χ4v) is 2.92. The van der Waals surface area contributed by atoms with Crippen LogP contribution in [-0.2, 0) is 12.8 Å². The summed E-state index contributed by atoms with van der Waals surface area (Å²) in [6.07, 6.45) is 2.46. The fraction of sp³-hybridized carbons (Fsp3) is 0.500. The zero-order chi connectivity index (χ0) is 19.1. The predicted molar refractivity (Wildman–Crippen MR) is 104 cm³/mol. The van der Waals surface area contributed by atoms with Gasteiger partial charge in [-0.05, 0) is 51.2 Å². The number of ether oxygens (including phenoxy) is 1. The quantitative estimate of drug-likeness (QED) is 0.749. The minimum absolute atomic E-state index is 0.0353. The number of hydrogen-bond acceptors (Lipinski definition) is 4. The van der Waals surface area contributed by atoms with Crippen LogP contribution in [0.1, 0.15) is 42.0 Å². The van der Waals surface area contributed by atoms with Crippen LogP contribution < -0.4 is 10.1 Å². The van der Waals surface area contributed by atoms with Gasteiger partial charge in [-0.1, -0.05) is 20.3 Å². The highest BCUT2D eigenvalue weighted by Crippen LogP contribution is 2.22. The van der Waals surface area contributed by atoms with Crippen LogP contribution in [0.5, 0.6) is 5.75 Å². The molecule has 1 aromatic heterocycles. The number of nitrogens with zero attached hydrogens (tertiary/aromatic N) is 3. The highest BCUT2D eigenvalue weighted by atomic mass is 16.5. The topological polar surface area (TPSA) is 59.4 Å². The lowest BCUT2D eigenvalue weighted by molar-refractivity contribution is 0.0949. The molecule has 6 heteroatoms. The number of aryl methyl sites for hydroxylation is 1. The molecule has 0 aliphatic heterocycles. The zero-order valence-corrected chi connectivity index (χ0v) is 16.5. The number of hydrogen-bond donors (Lipinski definition) is 1. The number of likely N-dealkylation sites (N-methyl/N-ethyl adjacent to an activating group) is 1. The Morgan fingerprint density at radius 1 is 1.23 bits per heavy atom. The third-order valence-corrected chi connectivity index (χ3v) is 4.26. The molecule has 0 aliphatic carbocycles. The lowest BCUT2D eigenvalue weighted by atomic mass is 10.1. The Morgan fingerprint density at radius 2 is 1.92 bits per heavy atom. The molecule has 0 atom stereocenters. The molecule has 0 unspecified atom stereocenters. The van der Waals surface area contributed by atoms with Crippen molar-refractivity contribution in [3.05, 3.63) is 41.2 Å². The minimum Gasteiger partial charge on any atom is -0.497 e. The van der Waals surface area contributed by atoms with Crippen LogP contribution >= 0.6 is 0 Å². The number of carbonyl (C=O) groups is 1. The van der Waals surface area contributed by atoms with Gasteiger partial charge < -0.3 is 15.0 Å². The summed E-state index contributed by atoms with van der Waals surface area (Å²) < 4.78 is 7.13. The molecule has 26 heavy (non-hydrogen) atoms. The molecule has 2 rings (SSSR count). The molecule has 0 radical (unpaired) electrons. The van der Waals surface area contributed by atoms with Crippen molar-refractivity contribution in [3.8, 4) is 11.4 Å². The Morgan fingerprint density at radius 3 is 2.46 bits per heavy atom. The Labute approximate surface area is 156 Å². The van der Waals surface area contributed by atoms with E-state index in [2.05, 4.69) is 24.1 Å². The number of aromatic nitrogens is 2. The number of benzene rings is 1. The summed E-state index contributed by atoms with van der Waals surface area (Å²) in [5, 5.41) is 7.80. The van der Waals surface area contributed by atoms with E-state index in [0.29, 0.717) is 6.54 Å². The molecule has 1 N–H and O–H groups in total. The molecular formula is C20H30N4O2. The van der Waals surface area contributed by atoms with E-state index >= 15 is 0 Å². The monoisotopic (exact) mass is 358 g/mol. The van der Waals surface area contributed by atoms with E-state index in [1.807, 2.05) is 43.0 Å². The van der Waals surface area contributed by atoms with Gasteiger partial charge in [-0.25, -0.2) is 4.68 Å². The van der Waals surface area contributed by atoms with E-state index in [1.54, 1.807) is 7.11 Å². The van der Waals surface area contributed by atoms with Gasteiger partial charge >= 0.3 is 0 Å². The second-order valence-corrected chi connectivity index (χ2v) is 6.54. The van der Waals surface area contributed by atoms with E-state index < -0.39 is 0 Å². The maximum absolute atomic E-state index is 12.8. The van der Waals surface area contributed by atoms with E-state index in [-0.39, 0.29) is 5.91 Å². The zero-order valence-electron chi connectivity index (χ0n) is 16.5. The van der Waals surface area contributed by atoms with E-state index in [1.165, 1.54) is 0 Å². The number of amides is 1. The highest BCUT2D eigenvalue weighted by molar-refractivity contribution is 5.96. The van der Waals surface area contributed by atoms with Gasteiger partial charge in [0.05, 0.1) is 29.7 Å². The summed E-state index contributed by atoms with van der Waals surface area (Å²) in [5.41, 5.74) is 3.47. The first-order valence-electron chi connectivity index (χ1n) is 9.19. The Hall–Kier alpha value is -2.34. The van der Waals surface area contributed by atoms with Crippen molar-refractivity contribution in [2.75, 3.05) is 34.3 Å². The van der Waals surface area contributed by atoms with Crippen molar-refractivity contribution in [2.45, 2.75) is 33.1 Å². The summed E-state index contributed by atoms with van der Waals surface area (Å²) >= 11 is 0. The van der Waals surface area contributed by atoms with Gasteiger partial charge in [-0.3, -0.25) is 4.79 Å². The van der Waals surface area contributed by atoms with Crippen molar-refractivity contribution in [2.24, 2.45) is 0 Å². The van der Waals surface area contributed by atoms with Gasteiger partial charge in [-0.2, -0.15) is 5.10 Å². The second-order valence-electron chi connectivity index (χ2n) is 6.54. The van der Waals surface area contributed by atoms with Crippen molar-refractivity contribution in [1.29, 1.82) is 0 Å². The van der Waals surface area contributed by atoms with Gasteiger partial charge in [0.25, 0.3) is 5.91 Å². The maximum Gasteiger partial charge on any atom is 0.255 e. The van der Waals surface area contributed by atoms with Gasteiger partial charge in [0.15, 0.2) is 0 Å². The molecular weight excluding hydrogens is 328 g/mol. The van der Waals surface area contributed by atoms with Crippen LogP contribution in [0.25, 0.3) is 5.69 Å². The van der Waals surface area contributed by atoms with Crippen LogP contribution in [0.2, 0.25) is 0 Å². The Balaban J connectivity index is 2.39. The normalized spacial score (nSPS) is 11.0. The Bertz CT molecular complexity index is 720. The number of rotatable bonds is 9. The average Bonchev–Trinajstić information content (AvgIpc) is 3.00. The molecule has 1 heterocycles. The van der Waals surface area contributed by atoms with Gasteiger partial charge in [-0.15, -0.1) is 0 Å². The lowest BCUT2D eigenvalue weighted by Gasteiger charge is -2.12. The van der Waals surface area contributed by atoms with Crippen LogP contribution in [0.4, 0.5) is 0 Å². The summed E-state index contributed by atoms with van der Waals surface area (Å²) in [6.45, 7) is 5.59. The smallest absolute Gasteiger partial charge is 0.255 e. The van der Waals surface area contributed by atoms with E-state index in [0.717, 1.165) is 54.2 Å². The van der Waals surface area contributed by atoms with Crippen LogP contribution in [0, 0.1) is 0 Å². The first-order valence-corrected chi connectivity index (χ1v) is 9.19. The molecule has 0 saturated carbocycles. The van der Waals surface area contributed by atoms with Crippen LogP contribution in [0.15, 0.2) is 24.3 Å². The Kier molecular flexibility index (Phi) is 7.21. The first-order chi connectivity index (χ1) is 12.5. The first kappa shape index (κ1) is 20.0. The van der Waals surface area contributed by atoms with E-state index in [4.69, 9.17) is 9.84 Å². The summed E-state index contributed by atoms with van der Waals surface area (Å²) in [5.74, 6) is 0.765. The van der Waals surface area contributed by atoms with Crippen molar-refractivity contribution >= 4 is 5.91 Å². The van der Waals surface area contributed by atoms with Gasteiger partial charge in [0.2, 0.25) is 0 Å². The number of carbonyl (C=O) groups excluding carboxylic acids is 1. The van der Waals surface area contributed by atoms with Crippen molar-refractivity contribution in [1.82, 2.24) is 20.0 Å². The largest absolute Gasteiger partial charge is 0.497 e. The van der Waals surface area contributed by atoms with Gasteiger partial charge in [0.1, 0.15) is 5.75 Å². The fourth-order valence-electron chi connectivity index (χ4n) is 2.92. The van der Waals surface area contributed by atoms with Crippen LogP contribution in [0.3, 0.4) is 0 Å². The molecule has 1 aromatic carbocycles. The number of methoxy groups -OCH3 is 1. The average molecular weight is 358 g/mol. The SMILES string of the molecule is CCCc1nn(-c2ccc(OC)cc2)c(CC)c1C(=O)NCCN(C)C. The summed E-state index contributed by atoms with van der Waals surface area (Å²) in [6, 6.07) is 7.75. The maximum atomic E-state index is 12.8. The molecule has 0 fully saturated rings.